The molecule has 2 aliphatic carbocycles. The number of hydrogen-bond acceptors (Lipinski definition) is 3. The van der Waals surface area contributed by atoms with Gasteiger partial charge in [-0.25, -0.2) is 0 Å². The minimum atomic E-state index is -0.445. The van der Waals surface area contributed by atoms with Gasteiger partial charge in [-0.15, -0.1) is 0 Å². The minimum Gasteiger partial charge on any atom is -0.456 e. The number of nitrogens with zero attached hydrogens (tertiary/aromatic N) is 1. The van der Waals surface area contributed by atoms with Gasteiger partial charge in [-0.05, 0) is 99.1 Å². The van der Waals surface area contributed by atoms with Gasteiger partial charge in [0.1, 0.15) is 22.3 Å². The van der Waals surface area contributed by atoms with Crippen LogP contribution in [0.15, 0.2) is 185 Å². The van der Waals surface area contributed by atoms with Crippen LogP contribution < -0.4 is 4.90 Å². The van der Waals surface area contributed by atoms with E-state index in [2.05, 4.69) is 163 Å². The van der Waals surface area contributed by atoms with Crippen molar-refractivity contribution in [2.45, 2.75) is 5.41 Å². The number of rotatable bonds is 3. The van der Waals surface area contributed by atoms with Gasteiger partial charge < -0.3 is 13.7 Å². The SMILES string of the molecule is c1ccc2c(c1)-c1ccccc1C21c2ccccc2-c2ccc(N(c3ccc4oc5ccccc5c4c3)c3cccc4oc5ccccc5c34)cc21. The first-order chi connectivity index (χ1) is 25.8. The number of furan rings is 2. The van der Waals surface area contributed by atoms with Gasteiger partial charge in [0.2, 0.25) is 0 Å². The first kappa shape index (κ1) is 27.9. The van der Waals surface area contributed by atoms with Crippen LogP contribution in [0.5, 0.6) is 0 Å². The predicted octanol–water partition coefficient (Wildman–Crippen LogP) is 13.3. The zero-order chi connectivity index (χ0) is 34.0. The molecule has 0 atom stereocenters. The lowest BCUT2D eigenvalue weighted by atomic mass is 9.70. The Morgan fingerprint density at radius 2 is 0.846 bits per heavy atom. The van der Waals surface area contributed by atoms with Crippen LogP contribution in [0.1, 0.15) is 22.3 Å². The molecule has 8 aromatic carbocycles. The number of para-hydroxylation sites is 2. The van der Waals surface area contributed by atoms with Gasteiger partial charge in [0, 0.05) is 27.5 Å². The Hall–Kier alpha value is -6.84. The van der Waals surface area contributed by atoms with E-state index in [1.54, 1.807) is 0 Å². The zero-order valence-corrected chi connectivity index (χ0v) is 28.0. The standard InChI is InChI=1S/C49H29NO2/c1-6-17-39-32(12-1)33-13-2-7-18-40(33)49(39)41-19-8-3-14-34(41)35-26-24-31(29-42(35)49)50(30-25-27-46-38(28-30)36-15-4-9-21-44(36)51-46)43-20-11-23-47-48(43)37-16-5-10-22-45(37)52-47/h1-29H. The lowest BCUT2D eigenvalue weighted by molar-refractivity contribution is 0.668. The van der Waals surface area contributed by atoms with Crippen molar-refractivity contribution in [1.29, 1.82) is 0 Å². The molecule has 0 aliphatic heterocycles. The molecule has 3 nitrogen and oxygen atoms in total. The Labute approximate surface area is 299 Å². The fourth-order valence-corrected chi connectivity index (χ4v) is 9.44. The lowest BCUT2D eigenvalue weighted by Gasteiger charge is -2.32. The fraction of sp³-hybridized carbons (Fsp3) is 0.0204. The highest BCUT2D eigenvalue weighted by molar-refractivity contribution is 6.14. The Morgan fingerprint density at radius 1 is 0.346 bits per heavy atom. The van der Waals surface area contributed by atoms with Crippen LogP contribution in [-0.4, -0.2) is 0 Å². The third-order valence-electron chi connectivity index (χ3n) is 11.5. The van der Waals surface area contributed by atoms with E-state index < -0.39 is 5.41 Å². The summed E-state index contributed by atoms with van der Waals surface area (Å²) in [5.41, 5.74) is 16.7. The Kier molecular flexibility index (Phi) is 5.43. The van der Waals surface area contributed by atoms with Gasteiger partial charge in [0.15, 0.2) is 0 Å². The van der Waals surface area contributed by atoms with E-state index in [0.29, 0.717) is 0 Å². The maximum Gasteiger partial charge on any atom is 0.137 e. The second-order valence-electron chi connectivity index (χ2n) is 14.0. The summed E-state index contributed by atoms with van der Waals surface area (Å²) in [5.74, 6) is 0. The van der Waals surface area contributed by atoms with E-state index in [9.17, 15) is 0 Å². The molecular weight excluding hydrogens is 635 g/mol. The monoisotopic (exact) mass is 663 g/mol. The molecule has 0 radical (unpaired) electrons. The number of fused-ring (bicyclic) bond motifs is 16. The summed E-state index contributed by atoms with van der Waals surface area (Å²) in [6.07, 6.45) is 0. The molecule has 2 heterocycles. The van der Waals surface area contributed by atoms with Gasteiger partial charge in [-0.3, -0.25) is 0 Å². The highest BCUT2D eigenvalue weighted by Gasteiger charge is 2.51. The average Bonchev–Trinajstić information content (AvgIpc) is 3.93. The van der Waals surface area contributed by atoms with Gasteiger partial charge in [-0.2, -0.15) is 0 Å². The van der Waals surface area contributed by atoms with Crippen molar-refractivity contribution in [3.05, 3.63) is 198 Å². The van der Waals surface area contributed by atoms with E-state index in [1.807, 2.05) is 18.2 Å². The summed E-state index contributed by atoms with van der Waals surface area (Å²) >= 11 is 0. The summed E-state index contributed by atoms with van der Waals surface area (Å²) in [6, 6.07) is 63.6. The van der Waals surface area contributed by atoms with E-state index in [0.717, 1.165) is 60.9 Å². The molecule has 242 valence electrons. The van der Waals surface area contributed by atoms with Gasteiger partial charge in [-0.1, -0.05) is 121 Å². The molecule has 0 bridgehead atoms. The van der Waals surface area contributed by atoms with Crippen LogP contribution in [0, 0.1) is 0 Å². The van der Waals surface area contributed by atoms with Gasteiger partial charge >= 0.3 is 0 Å². The predicted molar refractivity (Wildman–Crippen MR) is 212 cm³/mol. The minimum absolute atomic E-state index is 0.445. The van der Waals surface area contributed by atoms with Crippen molar-refractivity contribution < 1.29 is 8.83 Å². The van der Waals surface area contributed by atoms with Crippen LogP contribution in [0.25, 0.3) is 66.1 Å². The fourth-order valence-electron chi connectivity index (χ4n) is 9.44. The molecule has 0 saturated heterocycles. The van der Waals surface area contributed by atoms with E-state index in [4.69, 9.17) is 8.83 Å². The molecule has 0 unspecified atom stereocenters. The van der Waals surface area contributed by atoms with Crippen LogP contribution in [0.4, 0.5) is 17.1 Å². The number of benzene rings is 8. The van der Waals surface area contributed by atoms with E-state index in [-0.39, 0.29) is 0 Å². The summed E-state index contributed by atoms with van der Waals surface area (Å²) < 4.78 is 12.8. The van der Waals surface area contributed by atoms with Crippen LogP contribution in [0.3, 0.4) is 0 Å². The van der Waals surface area contributed by atoms with Crippen LogP contribution in [-0.2, 0) is 5.41 Å². The lowest BCUT2D eigenvalue weighted by Crippen LogP contribution is -2.26. The topological polar surface area (TPSA) is 29.5 Å². The molecule has 0 N–H and O–H groups in total. The van der Waals surface area contributed by atoms with Crippen molar-refractivity contribution in [1.82, 2.24) is 0 Å². The van der Waals surface area contributed by atoms with Crippen molar-refractivity contribution >= 4 is 60.9 Å². The number of hydrogen-bond donors (Lipinski definition) is 0. The molecule has 2 aliphatic rings. The summed E-state index contributed by atoms with van der Waals surface area (Å²) in [4.78, 5) is 2.41. The third-order valence-corrected chi connectivity index (χ3v) is 11.5. The van der Waals surface area contributed by atoms with E-state index >= 15 is 0 Å². The normalized spacial score (nSPS) is 13.5. The van der Waals surface area contributed by atoms with Crippen molar-refractivity contribution in [3.63, 3.8) is 0 Å². The van der Waals surface area contributed by atoms with Gasteiger partial charge in [0.25, 0.3) is 0 Å². The molecule has 10 aromatic rings. The summed E-state index contributed by atoms with van der Waals surface area (Å²) in [6.45, 7) is 0. The Morgan fingerprint density at radius 3 is 1.56 bits per heavy atom. The molecule has 52 heavy (non-hydrogen) atoms. The maximum absolute atomic E-state index is 6.46. The smallest absolute Gasteiger partial charge is 0.137 e. The molecular formula is C49H29NO2. The van der Waals surface area contributed by atoms with Gasteiger partial charge in [0.05, 0.1) is 16.5 Å². The second kappa shape index (κ2) is 10.1. The van der Waals surface area contributed by atoms with Crippen LogP contribution in [0.2, 0.25) is 0 Å². The molecule has 12 rings (SSSR count). The summed E-state index contributed by atoms with van der Waals surface area (Å²) in [5, 5.41) is 4.38. The van der Waals surface area contributed by atoms with Crippen molar-refractivity contribution in [2.24, 2.45) is 0 Å². The molecule has 0 saturated carbocycles. The third kappa shape index (κ3) is 3.49. The second-order valence-corrected chi connectivity index (χ2v) is 14.0. The summed E-state index contributed by atoms with van der Waals surface area (Å²) in [7, 11) is 0. The Bertz CT molecular complexity index is 3040. The van der Waals surface area contributed by atoms with Crippen molar-refractivity contribution in [3.8, 4) is 22.3 Å². The highest BCUT2D eigenvalue weighted by Crippen LogP contribution is 2.63. The average molecular weight is 664 g/mol. The maximum atomic E-state index is 6.46. The quantitative estimate of drug-likeness (QED) is 0.188. The largest absolute Gasteiger partial charge is 0.456 e. The molecule has 1 spiro atoms. The number of anilines is 3. The molecule has 0 fully saturated rings. The highest BCUT2D eigenvalue weighted by atomic mass is 16.3. The van der Waals surface area contributed by atoms with Crippen molar-refractivity contribution in [2.75, 3.05) is 4.90 Å². The Balaban J connectivity index is 1.18. The first-order valence-corrected chi connectivity index (χ1v) is 17.8. The zero-order valence-electron chi connectivity index (χ0n) is 28.0. The first-order valence-electron chi connectivity index (χ1n) is 17.8. The van der Waals surface area contributed by atoms with E-state index in [1.165, 1.54) is 44.5 Å². The molecule has 2 aromatic heterocycles. The molecule has 3 heteroatoms. The molecule has 0 amide bonds. The van der Waals surface area contributed by atoms with Crippen LogP contribution >= 0.6 is 0 Å².